The Balaban J connectivity index is 1.51. The van der Waals surface area contributed by atoms with Crippen LogP contribution >= 0.6 is 0 Å². The molecule has 0 amide bonds. The minimum atomic E-state index is -0.573. The first-order chi connectivity index (χ1) is 12.7. The number of carbonyl (C=O) groups excluding carboxylic acids is 2. The van der Waals surface area contributed by atoms with Crippen molar-refractivity contribution >= 4 is 11.9 Å². The molecule has 0 aliphatic heterocycles. The van der Waals surface area contributed by atoms with Crippen molar-refractivity contribution in [3.05, 3.63) is 71.8 Å². The highest BCUT2D eigenvalue weighted by molar-refractivity contribution is 5.89. The molecule has 1 saturated carbocycles. The van der Waals surface area contributed by atoms with Gasteiger partial charge in [0.25, 0.3) is 0 Å². The van der Waals surface area contributed by atoms with E-state index in [0.29, 0.717) is 24.0 Å². The fourth-order valence-corrected chi connectivity index (χ4v) is 2.74. The molecule has 0 radical (unpaired) electrons. The summed E-state index contributed by atoms with van der Waals surface area (Å²) < 4.78 is 0. The third kappa shape index (κ3) is 4.91. The zero-order valence-electron chi connectivity index (χ0n) is 14.2. The molecule has 0 heterocycles. The normalized spacial score (nSPS) is 19.5. The maximum atomic E-state index is 12.0. The van der Waals surface area contributed by atoms with E-state index in [1.54, 1.807) is 48.5 Å². The standard InChI is InChI=1S/C20H20O6/c21-19(15-9-3-1-4-10-15)25-23-17-13-7-8-14-18(17)24-26-20(22)16-11-5-2-6-12-16/h1-6,9-12,17-18H,7-8,13-14H2. The van der Waals surface area contributed by atoms with Crippen LogP contribution in [0.3, 0.4) is 0 Å². The average molecular weight is 356 g/mol. The number of carbonyl (C=O) groups is 2. The van der Waals surface area contributed by atoms with Crippen molar-refractivity contribution in [2.45, 2.75) is 37.9 Å². The lowest BCUT2D eigenvalue weighted by Gasteiger charge is -2.27. The lowest BCUT2D eigenvalue weighted by molar-refractivity contribution is -0.352. The smallest absolute Gasteiger partial charge is 0.292 e. The minimum Gasteiger partial charge on any atom is -0.292 e. The molecule has 2 atom stereocenters. The van der Waals surface area contributed by atoms with Gasteiger partial charge in [-0.05, 0) is 37.1 Å². The quantitative estimate of drug-likeness (QED) is 0.578. The third-order valence-corrected chi connectivity index (χ3v) is 4.16. The summed E-state index contributed by atoms with van der Waals surface area (Å²) in [6, 6.07) is 17.2. The SMILES string of the molecule is O=C(OOC1CCCCC1OOC(=O)c1ccccc1)c1ccccc1. The average Bonchev–Trinajstić information content (AvgIpc) is 2.72. The van der Waals surface area contributed by atoms with Crippen molar-refractivity contribution in [2.75, 3.05) is 0 Å². The van der Waals surface area contributed by atoms with Crippen LogP contribution in [0, 0.1) is 0 Å². The first-order valence-electron chi connectivity index (χ1n) is 8.59. The molecule has 2 unspecified atom stereocenters. The fourth-order valence-electron chi connectivity index (χ4n) is 2.74. The second-order valence-corrected chi connectivity index (χ2v) is 6.03. The highest BCUT2D eigenvalue weighted by atomic mass is 17.2. The van der Waals surface area contributed by atoms with Gasteiger partial charge in [-0.15, -0.1) is 0 Å². The van der Waals surface area contributed by atoms with Crippen LogP contribution in [0.4, 0.5) is 0 Å². The summed E-state index contributed by atoms with van der Waals surface area (Å²) in [5.74, 6) is -1.15. The zero-order valence-corrected chi connectivity index (χ0v) is 14.2. The Morgan fingerprint density at radius 1 is 0.654 bits per heavy atom. The predicted molar refractivity (Wildman–Crippen MR) is 91.9 cm³/mol. The highest BCUT2D eigenvalue weighted by Gasteiger charge is 2.31. The molecule has 2 aromatic carbocycles. The molecule has 6 heteroatoms. The molecule has 0 aromatic heterocycles. The Morgan fingerprint density at radius 2 is 1.04 bits per heavy atom. The van der Waals surface area contributed by atoms with E-state index >= 15 is 0 Å². The van der Waals surface area contributed by atoms with E-state index < -0.39 is 24.1 Å². The number of rotatable bonds is 6. The van der Waals surface area contributed by atoms with E-state index in [9.17, 15) is 9.59 Å². The molecule has 3 rings (SSSR count). The van der Waals surface area contributed by atoms with Gasteiger partial charge in [0.05, 0.1) is 11.1 Å². The van der Waals surface area contributed by atoms with Crippen LogP contribution in [-0.4, -0.2) is 24.1 Å². The lowest BCUT2D eigenvalue weighted by atomic mass is 9.95. The molecular formula is C20H20O6. The summed E-state index contributed by atoms with van der Waals surface area (Å²) >= 11 is 0. The van der Waals surface area contributed by atoms with E-state index in [1.807, 2.05) is 12.1 Å². The zero-order chi connectivity index (χ0) is 18.2. The van der Waals surface area contributed by atoms with Crippen LogP contribution in [-0.2, 0) is 19.6 Å². The Hall–Kier alpha value is -2.70. The van der Waals surface area contributed by atoms with Crippen LogP contribution in [0.25, 0.3) is 0 Å². The van der Waals surface area contributed by atoms with E-state index in [4.69, 9.17) is 19.6 Å². The first kappa shape index (κ1) is 18.1. The number of benzene rings is 2. The summed E-state index contributed by atoms with van der Waals surface area (Å²) in [5, 5.41) is 0. The molecule has 1 aliphatic rings. The van der Waals surface area contributed by atoms with Gasteiger partial charge < -0.3 is 0 Å². The summed E-state index contributed by atoms with van der Waals surface area (Å²) in [6.07, 6.45) is 2.16. The summed E-state index contributed by atoms with van der Waals surface area (Å²) in [4.78, 5) is 44.4. The van der Waals surface area contributed by atoms with Crippen molar-refractivity contribution in [3.8, 4) is 0 Å². The molecule has 26 heavy (non-hydrogen) atoms. The predicted octanol–water partition coefficient (Wildman–Crippen LogP) is 3.87. The van der Waals surface area contributed by atoms with Gasteiger partial charge in [-0.1, -0.05) is 49.2 Å². The second-order valence-electron chi connectivity index (χ2n) is 6.03. The van der Waals surface area contributed by atoms with Crippen LogP contribution in [0.15, 0.2) is 60.7 Å². The first-order valence-corrected chi connectivity index (χ1v) is 8.59. The Bertz CT molecular complexity index is 652. The number of hydrogen-bond acceptors (Lipinski definition) is 6. The maximum Gasteiger partial charge on any atom is 0.373 e. The molecule has 6 nitrogen and oxygen atoms in total. The largest absolute Gasteiger partial charge is 0.373 e. The Labute approximate surface area is 151 Å². The topological polar surface area (TPSA) is 71.1 Å². The van der Waals surface area contributed by atoms with Gasteiger partial charge in [-0.2, -0.15) is 9.78 Å². The molecule has 136 valence electrons. The monoisotopic (exact) mass is 356 g/mol. The van der Waals surface area contributed by atoms with Crippen LogP contribution in [0.5, 0.6) is 0 Å². The third-order valence-electron chi connectivity index (χ3n) is 4.16. The summed E-state index contributed by atoms with van der Waals surface area (Å²) in [6.45, 7) is 0. The van der Waals surface area contributed by atoms with E-state index in [1.165, 1.54) is 0 Å². The van der Waals surface area contributed by atoms with Gasteiger partial charge >= 0.3 is 11.9 Å². The Kier molecular flexibility index (Phi) is 6.35. The summed E-state index contributed by atoms with van der Waals surface area (Å²) in [7, 11) is 0. The van der Waals surface area contributed by atoms with Gasteiger partial charge in [-0.25, -0.2) is 9.59 Å². The van der Waals surface area contributed by atoms with Crippen LogP contribution in [0.2, 0.25) is 0 Å². The van der Waals surface area contributed by atoms with Gasteiger partial charge in [0.1, 0.15) is 12.2 Å². The Morgan fingerprint density at radius 3 is 1.42 bits per heavy atom. The fraction of sp³-hybridized carbons (Fsp3) is 0.300. The lowest BCUT2D eigenvalue weighted by Crippen LogP contribution is -2.36. The number of hydrogen-bond donors (Lipinski definition) is 0. The van der Waals surface area contributed by atoms with Crippen molar-refractivity contribution in [3.63, 3.8) is 0 Å². The van der Waals surface area contributed by atoms with Gasteiger partial charge in [0.2, 0.25) is 0 Å². The minimum absolute atomic E-state index is 0.399. The van der Waals surface area contributed by atoms with Crippen LogP contribution < -0.4 is 0 Å². The molecule has 0 bridgehead atoms. The van der Waals surface area contributed by atoms with Gasteiger partial charge in [0, 0.05) is 0 Å². The molecule has 1 fully saturated rings. The van der Waals surface area contributed by atoms with E-state index in [0.717, 1.165) is 12.8 Å². The van der Waals surface area contributed by atoms with Gasteiger partial charge in [0.15, 0.2) is 0 Å². The van der Waals surface area contributed by atoms with E-state index in [-0.39, 0.29) is 0 Å². The molecule has 0 N–H and O–H groups in total. The highest BCUT2D eigenvalue weighted by Crippen LogP contribution is 2.25. The molecule has 0 saturated heterocycles. The van der Waals surface area contributed by atoms with Gasteiger partial charge in [-0.3, -0.25) is 9.78 Å². The molecule has 1 aliphatic carbocycles. The molecule has 2 aromatic rings. The second kappa shape index (κ2) is 9.12. The van der Waals surface area contributed by atoms with Crippen LogP contribution in [0.1, 0.15) is 46.4 Å². The van der Waals surface area contributed by atoms with Crippen molar-refractivity contribution in [1.29, 1.82) is 0 Å². The molecular weight excluding hydrogens is 336 g/mol. The van der Waals surface area contributed by atoms with Crippen molar-refractivity contribution in [1.82, 2.24) is 0 Å². The maximum absolute atomic E-state index is 12.0. The van der Waals surface area contributed by atoms with E-state index in [2.05, 4.69) is 0 Å². The summed E-state index contributed by atoms with van der Waals surface area (Å²) in [5.41, 5.74) is 0.799. The molecule has 0 spiro atoms. The van der Waals surface area contributed by atoms with Crippen molar-refractivity contribution < 1.29 is 29.1 Å². The van der Waals surface area contributed by atoms with Crippen molar-refractivity contribution in [2.24, 2.45) is 0 Å².